The molecule has 3 aromatic rings. The molecule has 0 saturated carbocycles. The third kappa shape index (κ3) is 3.46. The molecule has 0 amide bonds. The fourth-order valence-electron chi connectivity index (χ4n) is 3.76. The molecular weight excluding hydrogens is 404 g/mol. The lowest BCUT2D eigenvalue weighted by molar-refractivity contribution is 0.104. The number of hydrogen-bond acceptors (Lipinski definition) is 6. The lowest BCUT2D eigenvalue weighted by Gasteiger charge is -2.15. The first-order valence-corrected chi connectivity index (χ1v) is 10.0. The maximum Gasteiger partial charge on any atom is 0.222 e. The Balaban J connectivity index is 1.91. The first-order chi connectivity index (χ1) is 14.4. The Bertz CT molecular complexity index is 1140. The molecule has 30 heavy (non-hydrogen) atoms. The van der Waals surface area contributed by atoms with E-state index >= 15 is 0 Å². The summed E-state index contributed by atoms with van der Waals surface area (Å²) in [4.78, 5) is 20.2. The number of carbonyl (C=O) groups is 1. The summed E-state index contributed by atoms with van der Waals surface area (Å²) in [7, 11) is 7.17. The lowest BCUT2D eigenvalue weighted by atomic mass is 10.0. The van der Waals surface area contributed by atoms with Gasteiger partial charge in [0.1, 0.15) is 0 Å². The van der Waals surface area contributed by atoms with Crippen molar-refractivity contribution in [1.82, 2.24) is 9.88 Å². The van der Waals surface area contributed by atoms with Crippen molar-refractivity contribution >= 4 is 28.3 Å². The van der Waals surface area contributed by atoms with E-state index in [4.69, 9.17) is 30.8 Å². The molecule has 1 aliphatic carbocycles. The predicted octanol–water partition coefficient (Wildman–Crippen LogP) is 4.45. The van der Waals surface area contributed by atoms with E-state index in [1.165, 1.54) is 0 Å². The molecule has 2 aromatic carbocycles. The maximum absolute atomic E-state index is 13.4. The molecule has 6 nitrogen and oxygen atoms in total. The number of pyridine rings is 1. The second-order valence-corrected chi connectivity index (χ2v) is 7.85. The van der Waals surface area contributed by atoms with E-state index in [1.54, 1.807) is 38.5 Å². The van der Waals surface area contributed by atoms with E-state index in [9.17, 15) is 4.79 Å². The summed E-state index contributed by atoms with van der Waals surface area (Å²) in [5.41, 5.74) is 3.21. The number of nitrogens with zero attached hydrogens (tertiary/aromatic N) is 2. The van der Waals surface area contributed by atoms with Crippen LogP contribution in [0, 0.1) is 0 Å². The first-order valence-electron chi connectivity index (χ1n) is 9.66. The Morgan fingerprint density at radius 2 is 1.73 bits per heavy atom. The zero-order chi connectivity index (χ0) is 21.4. The monoisotopic (exact) mass is 426 g/mol. The third-order valence-electron chi connectivity index (χ3n) is 5.17. The minimum atomic E-state index is -0.0970. The summed E-state index contributed by atoms with van der Waals surface area (Å²) in [5, 5.41) is 1.21. The minimum absolute atomic E-state index is 0.0970. The minimum Gasteiger partial charge on any atom is -0.493 e. The van der Waals surface area contributed by atoms with Crippen LogP contribution in [0.1, 0.15) is 22.3 Å². The van der Waals surface area contributed by atoms with Crippen LogP contribution < -0.4 is 14.2 Å². The number of carbonyl (C=O) groups excluding carboxylic acids is 1. The van der Waals surface area contributed by atoms with Crippen molar-refractivity contribution in [2.75, 3.05) is 41.5 Å². The average molecular weight is 427 g/mol. The van der Waals surface area contributed by atoms with E-state index in [0.29, 0.717) is 56.6 Å². The van der Waals surface area contributed by atoms with Crippen LogP contribution in [0.3, 0.4) is 0 Å². The van der Waals surface area contributed by atoms with Gasteiger partial charge < -0.3 is 19.1 Å². The van der Waals surface area contributed by atoms with E-state index in [0.717, 1.165) is 18.5 Å². The number of fused-ring (bicyclic) bond motifs is 5. The highest BCUT2D eigenvalue weighted by Gasteiger charge is 2.33. The molecule has 0 atom stereocenters. The molecule has 0 bridgehead atoms. The van der Waals surface area contributed by atoms with Crippen LogP contribution in [0.2, 0.25) is 5.02 Å². The van der Waals surface area contributed by atoms with Crippen molar-refractivity contribution < 1.29 is 19.0 Å². The van der Waals surface area contributed by atoms with E-state index < -0.39 is 0 Å². The quantitative estimate of drug-likeness (QED) is 0.407. The van der Waals surface area contributed by atoms with Crippen LogP contribution in [0.4, 0.5) is 0 Å². The number of benzene rings is 2. The van der Waals surface area contributed by atoms with Gasteiger partial charge in [0.2, 0.25) is 5.88 Å². The van der Waals surface area contributed by atoms with Gasteiger partial charge in [-0.1, -0.05) is 17.7 Å². The van der Waals surface area contributed by atoms with Crippen LogP contribution in [0.15, 0.2) is 30.3 Å². The lowest BCUT2D eigenvalue weighted by Crippen LogP contribution is -2.16. The molecule has 0 N–H and O–H groups in total. The van der Waals surface area contributed by atoms with Crippen molar-refractivity contribution in [2.45, 2.75) is 6.42 Å². The smallest absolute Gasteiger partial charge is 0.222 e. The number of rotatable bonds is 7. The molecule has 1 heterocycles. The summed E-state index contributed by atoms with van der Waals surface area (Å²) in [6.07, 6.45) is 0.842. The van der Waals surface area contributed by atoms with Crippen LogP contribution in [0.5, 0.6) is 17.4 Å². The molecular formula is C23H23ClN2O4. The van der Waals surface area contributed by atoms with Gasteiger partial charge in [-0.2, -0.15) is 0 Å². The Kier molecular flexibility index (Phi) is 5.54. The van der Waals surface area contributed by atoms with Crippen LogP contribution in [-0.2, 0) is 0 Å². The number of aromatic nitrogens is 1. The fraction of sp³-hybridized carbons (Fsp3) is 0.304. The Morgan fingerprint density at radius 3 is 2.43 bits per heavy atom. The Labute approximate surface area is 180 Å². The van der Waals surface area contributed by atoms with Gasteiger partial charge in [-0.15, -0.1) is 0 Å². The second-order valence-electron chi connectivity index (χ2n) is 7.42. The Hall–Kier alpha value is -2.83. The summed E-state index contributed by atoms with van der Waals surface area (Å²) in [6.45, 7) is 1.39. The molecule has 1 aromatic heterocycles. The highest BCUT2D eigenvalue weighted by Crippen LogP contribution is 2.47. The van der Waals surface area contributed by atoms with Gasteiger partial charge in [-0.3, -0.25) is 4.79 Å². The topological polar surface area (TPSA) is 60.9 Å². The van der Waals surface area contributed by atoms with Crippen molar-refractivity contribution in [2.24, 2.45) is 0 Å². The number of halogens is 1. The summed E-state index contributed by atoms with van der Waals surface area (Å²) in [5.74, 6) is 1.43. The van der Waals surface area contributed by atoms with Crippen molar-refractivity contribution in [3.8, 4) is 28.5 Å². The van der Waals surface area contributed by atoms with E-state index in [-0.39, 0.29) is 5.78 Å². The van der Waals surface area contributed by atoms with Crippen LogP contribution >= 0.6 is 11.6 Å². The van der Waals surface area contributed by atoms with Gasteiger partial charge >= 0.3 is 0 Å². The molecule has 0 spiro atoms. The SMILES string of the molecule is COc1cc2nc(OCCCN(C)C)c3c(c2cc1OC)C(=O)c1cc(Cl)ccc1-3. The van der Waals surface area contributed by atoms with Gasteiger partial charge in [0.25, 0.3) is 0 Å². The molecule has 0 fully saturated rings. The highest BCUT2D eigenvalue weighted by molar-refractivity contribution is 6.33. The van der Waals surface area contributed by atoms with E-state index in [2.05, 4.69) is 4.90 Å². The van der Waals surface area contributed by atoms with Gasteiger partial charge in [0, 0.05) is 34.1 Å². The van der Waals surface area contributed by atoms with Crippen molar-refractivity contribution in [3.63, 3.8) is 0 Å². The molecule has 0 aliphatic heterocycles. The fourth-order valence-corrected chi connectivity index (χ4v) is 3.94. The molecule has 0 unspecified atom stereocenters. The van der Waals surface area contributed by atoms with E-state index in [1.807, 2.05) is 20.2 Å². The highest BCUT2D eigenvalue weighted by atomic mass is 35.5. The number of ether oxygens (including phenoxy) is 3. The van der Waals surface area contributed by atoms with Gasteiger partial charge in [-0.25, -0.2) is 4.98 Å². The molecule has 1 aliphatic rings. The summed E-state index contributed by atoms with van der Waals surface area (Å²) < 4.78 is 16.9. The summed E-state index contributed by atoms with van der Waals surface area (Å²) >= 11 is 6.17. The average Bonchev–Trinajstić information content (AvgIpc) is 3.02. The zero-order valence-electron chi connectivity index (χ0n) is 17.4. The maximum atomic E-state index is 13.4. The van der Waals surface area contributed by atoms with Gasteiger partial charge in [0.15, 0.2) is 17.3 Å². The normalized spacial score (nSPS) is 12.3. The van der Waals surface area contributed by atoms with Crippen molar-refractivity contribution in [3.05, 3.63) is 46.5 Å². The third-order valence-corrected chi connectivity index (χ3v) is 5.40. The number of methoxy groups -OCH3 is 2. The molecule has 0 radical (unpaired) electrons. The standard InChI is InChI=1S/C23H23ClN2O4/c1-26(2)8-5-9-30-23-21-14-7-6-13(24)10-15(14)22(27)20(21)16-11-18(28-3)19(29-4)12-17(16)25-23/h6-7,10-12H,5,8-9H2,1-4H3. The molecule has 7 heteroatoms. The first kappa shape index (κ1) is 20.4. The van der Waals surface area contributed by atoms with Crippen molar-refractivity contribution in [1.29, 1.82) is 0 Å². The molecule has 0 saturated heterocycles. The number of hydrogen-bond donors (Lipinski definition) is 0. The van der Waals surface area contributed by atoms with Crippen LogP contribution in [0.25, 0.3) is 22.0 Å². The van der Waals surface area contributed by atoms with Crippen LogP contribution in [-0.4, -0.2) is 57.1 Å². The van der Waals surface area contributed by atoms with Gasteiger partial charge in [0.05, 0.1) is 31.9 Å². The predicted molar refractivity (Wildman–Crippen MR) is 117 cm³/mol. The molecule has 4 rings (SSSR count). The molecule has 156 valence electrons. The zero-order valence-corrected chi connectivity index (χ0v) is 18.2. The largest absolute Gasteiger partial charge is 0.493 e. The number of ketones is 1. The second kappa shape index (κ2) is 8.13. The van der Waals surface area contributed by atoms with Gasteiger partial charge in [-0.05, 0) is 44.3 Å². The Morgan fingerprint density at radius 1 is 1.00 bits per heavy atom. The summed E-state index contributed by atoms with van der Waals surface area (Å²) in [6, 6.07) is 8.88.